The fraction of sp³-hybridized carbons (Fsp3) is 0.385. The van der Waals surface area contributed by atoms with Gasteiger partial charge in [-0.05, 0) is 25.0 Å². The molecule has 108 valence electrons. The van der Waals surface area contributed by atoms with Crippen LogP contribution in [0, 0.1) is 5.82 Å². The van der Waals surface area contributed by atoms with Crippen molar-refractivity contribution in [2.24, 2.45) is 5.73 Å². The van der Waals surface area contributed by atoms with Gasteiger partial charge in [0.15, 0.2) is 0 Å². The zero-order valence-corrected chi connectivity index (χ0v) is 11.5. The van der Waals surface area contributed by atoms with E-state index < -0.39 is 17.8 Å². The van der Waals surface area contributed by atoms with E-state index in [9.17, 15) is 14.0 Å². The second kappa shape index (κ2) is 6.19. The number of urea groups is 1. The highest BCUT2D eigenvalue weighted by atomic mass is 35.5. The molecule has 0 bridgehead atoms. The predicted molar refractivity (Wildman–Crippen MR) is 72.6 cm³/mol. The van der Waals surface area contributed by atoms with Gasteiger partial charge in [0.1, 0.15) is 5.82 Å². The van der Waals surface area contributed by atoms with Crippen molar-refractivity contribution in [3.8, 4) is 0 Å². The highest BCUT2D eigenvalue weighted by Gasteiger charge is 2.31. The highest BCUT2D eigenvalue weighted by molar-refractivity contribution is 6.31. The summed E-state index contributed by atoms with van der Waals surface area (Å²) in [5.74, 6) is -0.907. The van der Waals surface area contributed by atoms with Crippen molar-refractivity contribution in [2.45, 2.75) is 25.4 Å². The van der Waals surface area contributed by atoms with Crippen LogP contribution in [-0.4, -0.2) is 29.4 Å². The quantitative estimate of drug-likeness (QED) is 0.868. The molecule has 1 fully saturated rings. The van der Waals surface area contributed by atoms with Crippen molar-refractivity contribution in [3.05, 3.63) is 34.6 Å². The topological polar surface area (TPSA) is 75.4 Å². The van der Waals surface area contributed by atoms with E-state index in [2.05, 4.69) is 0 Å². The van der Waals surface area contributed by atoms with Crippen LogP contribution in [0.15, 0.2) is 18.2 Å². The molecule has 3 amide bonds. The largest absolute Gasteiger partial charge is 0.351 e. The van der Waals surface area contributed by atoms with Crippen molar-refractivity contribution in [1.29, 1.82) is 0 Å². The molecule has 5 nitrogen and oxygen atoms in total. The number of nitrogens with zero attached hydrogens (tertiary/aromatic N) is 1. The predicted octanol–water partition coefficient (Wildman–Crippen LogP) is 1.64. The lowest BCUT2D eigenvalue weighted by Crippen LogP contribution is -2.42. The molecule has 0 radical (unpaired) electrons. The summed E-state index contributed by atoms with van der Waals surface area (Å²) in [6.07, 6.45) is 1.88. The Morgan fingerprint density at radius 1 is 1.45 bits per heavy atom. The first-order valence-corrected chi connectivity index (χ1v) is 6.61. The lowest BCUT2D eigenvalue weighted by molar-refractivity contribution is -0.121. The molecule has 3 N–H and O–H groups in total. The maximum absolute atomic E-state index is 13.8. The molecule has 20 heavy (non-hydrogen) atoms. The smallest absolute Gasteiger partial charge is 0.318 e. The fourth-order valence-electron chi connectivity index (χ4n) is 2.00. The summed E-state index contributed by atoms with van der Waals surface area (Å²) in [6, 6.07) is 3.78. The first kappa shape index (κ1) is 14.7. The van der Waals surface area contributed by atoms with Crippen LogP contribution in [0.3, 0.4) is 0 Å². The second-order valence-electron chi connectivity index (χ2n) is 4.75. The lowest BCUT2D eigenvalue weighted by atomic mass is 10.2. The van der Waals surface area contributed by atoms with Crippen LogP contribution in [0.25, 0.3) is 0 Å². The third kappa shape index (κ3) is 3.91. The van der Waals surface area contributed by atoms with Gasteiger partial charge in [-0.25, -0.2) is 9.18 Å². The van der Waals surface area contributed by atoms with E-state index >= 15 is 0 Å². The van der Waals surface area contributed by atoms with Crippen molar-refractivity contribution in [2.75, 3.05) is 6.54 Å². The van der Waals surface area contributed by atoms with Crippen molar-refractivity contribution in [3.63, 3.8) is 0 Å². The molecule has 1 aromatic rings. The van der Waals surface area contributed by atoms with Crippen LogP contribution in [0.1, 0.15) is 18.4 Å². The number of nitrogens with one attached hydrogen (secondary N) is 1. The Balaban J connectivity index is 2.06. The number of primary amides is 1. The van der Waals surface area contributed by atoms with E-state index in [-0.39, 0.29) is 19.1 Å². The van der Waals surface area contributed by atoms with Gasteiger partial charge in [-0.2, -0.15) is 0 Å². The molecule has 0 aromatic heterocycles. The van der Waals surface area contributed by atoms with Crippen LogP contribution in [0.4, 0.5) is 9.18 Å². The summed E-state index contributed by atoms with van der Waals surface area (Å²) in [7, 11) is 0. The number of imide groups is 1. The maximum Gasteiger partial charge on any atom is 0.318 e. The Bertz CT molecular complexity index is 514. The van der Waals surface area contributed by atoms with Crippen LogP contribution in [0.5, 0.6) is 0 Å². The van der Waals surface area contributed by atoms with E-state index in [4.69, 9.17) is 17.3 Å². The van der Waals surface area contributed by atoms with E-state index in [0.717, 1.165) is 12.8 Å². The Labute approximate surface area is 120 Å². The molecule has 1 aliphatic carbocycles. The van der Waals surface area contributed by atoms with Gasteiger partial charge in [-0.3, -0.25) is 15.0 Å². The SMILES string of the molecule is NC(=O)NC(=O)CN(Cc1c(F)cccc1Cl)C1CC1. The minimum absolute atomic E-state index is 0.0156. The number of carbonyl (C=O) groups excluding carboxylic acids is 2. The lowest BCUT2D eigenvalue weighted by Gasteiger charge is -2.21. The number of halogens is 2. The molecule has 0 unspecified atom stereocenters. The van der Waals surface area contributed by atoms with E-state index in [1.165, 1.54) is 12.1 Å². The number of rotatable bonds is 5. The third-order valence-electron chi connectivity index (χ3n) is 3.10. The van der Waals surface area contributed by atoms with E-state index in [1.807, 2.05) is 5.32 Å². The fourth-order valence-corrected chi connectivity index (χ4v) is 2.22. The third-order valence-corrected chi connectivity index (χ3v) is 3.45. The summed E-state index contributed by atoms with van der Waals surface area (Å²) in [5, 5.41) is 2.33. The van der Waals surface area contributed by atoms with Crippen LogP contribution >= 0.6 is 11.6 Å². The molecule has 1 aliphatic rings. The molecule has 0 spiro atoms. The van der Waals surface area contributed by atoms with Crippen molar-refractivity contribution >= 4 is 23.5 Å². The second-order valence-corrected chi connectivity index (χ2v) is 5.16. The van der Waals surface area contributed by atoms with Gasteiger partial charge >= 0.3 is 6.03 Å². The zero-order valence-electron chi connectivity index (χ0n) is 10.7. The molecule has 7 heteroatoms. The van der Waals surface area contributed by atoms with Gasteiger partial charge < -0.3 is 5.73 Å². The standard InChI is InChI=1S/C13H15ClFN3O2/c14-10-2-1-3-11(15)9(10)6-18(8-4-5-8)7-12(19)17-13(16)20/h1-3,8H,4-7H2,(H3,16,17,19,20). The number of hydrogen-bond donors (Lipinski definition) is 2. The first-order valence-electron chi connectivity index (χ1n) is 6.23. The molecule has 0 saturated heterocycles. The Kier molecular flexibility index (Phi) is 4.57. The van der Waals surface area contributed by atoms with Gasteiger partial charge in [0.25, 0.3) is 0 Å². The number of amides is 3. The summed E-state index contributed by atoms with van der Waals surface area (Å²) in [4.78, 5) is 24.0. The number of benzene rings is 1. The van der Waals surface area contributed by atoms with Crippen LogP contribution < -0.4 is 11.1 Å². The first-order chi connectivity index (χ1) is 9.47. The molecule has 1 saturated carbocycles. The molecular weight excluding hydrogens is 285 g/mol. The molecule has 0 heterocycles. The molecule has 2 rings (SSSR count). The van der Waals surface area contributed by atoms with E-state index in [0.29, 0.717) is 10.6 Å². The highest BCUT2D eigenvalue weighted by Crippen LogP contribution is 2.30. The Hall–Kier alpha value is -1.66. The number of carbonyl (C=O) groups is 2. The number of hydrogen-bond acceptors (Lipinski definition) is 3. The van der Waals surface area contributed by atoms with Crippen LogP contribution in [-0.2, 0) is 11.3 Å². The van der Waals surface area contributed by atoms with Gasteiger partial charge in [0.2, 0.25) is 5.91 Å². The monoisotopic (exact) mass is 299 g/mol. The van der Waals surface area contributed by atoms with Crippen LogP contribution in [0.2, 0.25) is 5.02 Å². The number of nitrogens with two attached hydrogens (primary N) is 1. The normalized spacial score (nSPS) is 14.3. The average molecular weight is 300 g/mol. The minimum Gasteiger partial charge on any atom is -0.351 e. The summed E-state index contributed by atoms with van der Waals surface area (Å²) in [5.41, 5.74) is 5.25. The van der Waals surface area contributed by atoms with Gasteiger partial charge in [-0.15, -0.1) is 0 Å². The Morgan fingerprint density at radius 3 is 2.70 bits per heavy atom. The van der Waals surface area contributed by atoms with Gasteiger partial charge in [0.05, 0.1) is 6.54 Å². The van der Waals surface area contributed by atoms with E-state index in [1.54, 1.807) is 11.0 Å². The van der Waals surface area contributed by atoms with Crippen molar-refractivity contribution < 1.29 is 14.0 Å². The Morgan fingerprint density at radius 2 is 2.15 bits per heavy atom. The summed E-state index contributed by atoms with van der Waals surface area (Å²) in [6.45, 7) is 0.209. The molecule has 0 aliphatic heterocycles. The van der Waals surface area contributed by atoms with Gasteiger partial charge in [-0.1, -0.05) is 17.7 Å². The summed E-state index contributed by atoms with van der Waals surface area (Å²) < 4.78 is 13.8. The van der Waals surface area contributed by atoms with Crippen molar-refractivity contribution in [1.82, 2.24) is 10.2 Å². The average Bonchev–Trinajstić information content (AvgIpc) is 3.15. The minimum atomic E-state index is -0.894. The summed E-state index contributed by atoms with van der Waals surface area (Å²) >= 11 is 5.98. The molecular formula is C13H15ClFN3O2. The maximum atomic E-state index is 13.8. The zero-order chi connectivity index (χ0) is 14.7. The molecule has 0 atom stereocenters. The van der Waals surface area contributed by atoms with Gasteiger partial charge in [0, 0.05) is 23.2 Å². The molecule has 1 aromatic carbocycles.